The molecule has 0 atom stereocenters. The number of aromatic amines is 1. The van der Waals surface area contributed by atoms with E-state index in [2.05, 4.69) is 25.5 Å². The molecule has 0 aliphatic heterocycles. The molecule has 27 heavy (non-hydrogen) atoms. The SMILES string of the molecule is COc1ccccc1NC(=O)c1nc(-c2ccc3[nH]ncc3c2)cnc1N. The minimum absolute atomic E-state index is 0.0469. The first kappa shape index (κ1) is 16.5. The second kappa shape index (κ2) is 6.75. The number of benzene rings is 2. The first-order chi connectivity index (χ1) is 13.2. The smallest absolute Gasteiger partial charge is 0.278 e. The number of carbonyl (C=O) groups excluding carboxylic acids is 1. The number of methoxy groups -OCH3 is 1. The van der Waals surface area contributed by atoms with Crippen LogP contribution in [0, 0.1) is 0 Å². The van der Waals surface area contributed by atoms with Crippen molar-refractivity contribution in [2.45, 2.75) is 0 Å². The molecule has 0 saturated heterocycles. The summed E-state index contributed by atoms with van der Waals surface area (Å²) in [5.41, 5.74) is 8.72. The van der Waals surface area contributed by atoms with Crippen LogP contribution in [-0.4, -0.2) is 33.2 Å². The van der Waals surface area contributed by atoms with Crippen molar-refractivity contribution in [1.82, 2.24) is 20.2 Å². The molecule has 2 heterocycles. The Balaban J connectivity index is 1.68. The molecule has 4 N–H and O–H groups in total. The lowest BCUT2D eigenvalue weighted by atomic mass is 10.1. The van der Waals surface area contributed by atoms with Crippen molar-refractivity contribution in [3.63, 3.8) is 0 Å². The van der Waals surface area contributed by atoms with Crippen molar-refractivity contribution < 1.29 is 9.53 Å². The molecule has 0 saturated carbocycles. The first-order valence-electron chi connectivity index (χ1n) is 8.16. The van der Waals surface area contributed by atoms with Crippen LogP contribution in [0.25, 0.3) is 22.2 Å². The number of hydrogen-bond donors (Lipinski definition) is 3. The predicted octanol–water partition coefficient (Wildman–Crippen LogP) is 2.86. The van der Waals surface area contributed by atoms with Crippen LogP contribution >= 0.6 is 0 Å². The van der Waals surface area contributed by atoms with E-state index in [1.807, 2.05) is 24.3 Å². The fraction of sp³-hybridized carbons (Fsp3) is 0.0526. The number of rotatable bonds is 4. The Labute approximate surface area is 154 Å². The number of para-hydroxylation sites is 2. The van der Waals surface area contributed by atoms with E-state index in [4.69, 9.17) is 10.5 Å². The average Bonchev–Trinajstić information content (AvgIpc) is 3.16. The number of ether oxygens (including phenoxy) is 1. The zero-order valence-electron chi connectivity index (χ0n) is 14.4. The molecule has 0 bridgehead atoms. The van der Waals surface area contributed by atoms with Crippen LogP contribution < -0.4 is 15.8 Å². The van der Waals surface area contributed by atoms with E-state index >= 15 is 0 Å². The molecular formula is C19H16N6O2. The third-order valence-corrected chi connectivity index (χ3v) is 4.11. The molecule has 2 aromatic heterocycles. The van der Waals surface area contributed by atoms with Gasteiger partial charge in [-0.15, -0.1) is 0 Å². The van der Waals surface area contributed by atoms with Gasteiger partial charge in [-0.25, -0.2) is 9.97 Å². The minimum Gasteiger partial charge on any atom is -0.495 e. The Kier molecular flexibility index (Phi) is 4.13. The molecule has 1 amide bonds. The number of nitrogen functional groups attached to an aromatic ring is 1. The van der Waals surface area contributed by atoms with Crippen molar-refractivity contribution in [2.24, 2.45) is 0 Å². The number of carbonyl (C=O) groups is 1. The second-order valence-corrected chi connectivity index (χ2v) is 5.82. The van der Waals surface area contributed by atoms with E-state index in [0.717, 1.165) is 16.5 Å². The summed E-state index contributed by atoms with van der Waals surface area (Å²) >= 11 is 0. The number of nitrogens with zero attached hydrogens (tertiary/aromatic N) is 3. The number of H-pyrrole nitrogens is 1. The summed E-state index contributed by atoms with van der Waals surface area (Å²) in [5, 5.41) is 10.6. The third-order valence-electron chi connectivity index (χ3n) is 4.11. The van der Waals surface area contributed by atoms with Crippen molar-refractivity contribution in [3.8, 4) is 17.0 Å². The second-order valence-electron chi connectivity index (χ2n) is 5.82. The maximum atomic E-state index is 12.7. The van der Waals surface area contributed by atoms with E-state index < -0.39 is 5.91 Å². The van der Waals surface area contributed by atoms with Gasteiger partial charge in [0.15, 0.2) is 11.5 Å². The highest BCUT2D eigenvalue weighted by Crippen LogP contribution is 2.25. The van der Waals surface area contributed by atoms with Gasteiger partial charge in [-0.05, 0) is 24.3 Å². The molecule has 0 unspecified atom stereocenters. The molecule has 0 radical (unpaired) electrons. The van der Waals surface area contributed by atoms with Crippen LogP contribution in [-0.2, 0) is 0 Å². The quantitative estimate of drug-likeness (QED) is 0.515. The van der Waals surface area contributed by atoms with E-state index in [0.29, 0.717) is 17.1 Å². The predicted molar refractivity (Wildman–Crippen MR) is 102 cm³/mol. The molecule has 0 aliphatic rings. The zero-order valence-corrected chi connectivity index (χ0v) is 14.4. The topological polar surface area (TPSA) is 119 Å². The van der Waals surface area contributed by atoms with Crippen molar-refractivity contribution >= 4 is 28.3 Å². The molecule has 8 nitrogen and oxygen atoms in total. The largest absolute Gasteiger partial charge is 0.495 e. The van der Waals surface area contributed by atoms with Gasteiger partial charge in [0.05, 0.1) is 36.4 Å². The molecule has 0 aliphatic carbocycles. The molecular weight excluding hydrogens is 344 g/mol. The Morgan fingerprint density at radius 1 is 1.19 bits per heavy atom. The summed E-state index contributed by atoms with van der Waals surface area (Å²) in [4.78, 5) is 21.2. The number of nitrogens with one attached hydrogen (secondary N) is 2. The maximum Gasteiger partial charge on any atom is 0.278 e. The van der Waals surface area contributed by atoms with Gasteiger partial charge in [0.2, 0.25) is 0 Å². The lowest BCUT2D eigenvalue weighted by Crippen LogP contribution is -2.17. The number of aromatic nitrogens is 4. The van der Waals surface area contributed by atoms with Crippen molar-refractivity contribution in [3.05, 3.63) is 60.6 Å². The van der Waals surface area contributed by atoms with Crippen LogP contribution in [0.1, 0.15) is 10.5 Å². The van der Waals surface area contributed by atoms with Gasteiger partial charge >= 0.3 is 0 Å². The van der Waals surface area contributed by atoms with Gasteiger partial charge in [-0.2, -0.15) is 5.10 Å². The highest BCUT2D eigenvalue weighted by atomic mass is 16.5. The van der Waals surface area contributed by atoms with E-state index in [-0.39, 0.29) is 11.5 Å². The number of fused-ring (bicyclic) bond motifs is 1. The number of hydrogen-bond acceptors (Lipinski definition) is 6. The molecule has 4 aromatic rings. The normalized spacial score (nSPS) is 10.7. The van der Waals surface area contributed by atoms with Crippen LogP contribution in [0.4, 0.5) is 11.5 Å². The summed E-state index contributed by atoms with van der Waals surface area (Å²) in [6.45, 7) is 0. The number of anilines is 2. The fourth-order valence-electron chi connectivity index (χ4n) is 2.74. The molecule has 0 fully saturated rings. The monoisotopic (exact) mass is 360 g/mol. The fourth-order valence-corrected chi connectivity index (χ4v) is 2.74. The molecule has 4 rings (SSSR count). The van der Waals surface area contributed by atoms with Crippen LogP contribution in [0.15, 0.2) is 54.9 Å². The van der Waals surface area contributed by atoms with Gasteiger partial charge in [0.25, 0.3) is 5.91 Å². The van der Waals surface area contributed by atoms with Crippen molar-refractivity contribution in [2.75, 3.05) is 18.2 Å². The summed E-state index contributed by atoms with van der Waals surface area (Å²) in [6.07, 6.45) is 3.26. The van der Waals surface area contributed by atoms with Gasteiger partial charge in [0.1, 0.15) is 5.75 Å². The third kappa shape index (κ3) is 3.15. The highest BCUT2D eigenvalue weighted by molar-refractivity contribution is 6.06. The van der Waals surface area contributed by atoms with Gasteiger partial charge in [-0.3, -0.25) is 9.89 Å². The van der Waals surface area contributed by atoms with Crippen LogP contribution in [0.2, 0.25) is 0 Å². The molecule has 134 valence electrons. The summed E-state index contributed by atoms with van der Waals surface area (Å²) in [5.74, 6) is 0.130. The Morgan fingerprint density at radius 3 is 2.89 bits per heavy atom. The van der Waals surface area contributed by atoms with Gasteiger partial charge in [-0.1, -0.05) is 18.2 Å². The average molecular weight is 360 g/mol. The lowest BCUT2D eigenvalue weighted by Gasteiger charge is -2.11. The van der Waals surface area contributed by atoms with E-state index in [9.17, 15) is 4.79 Å². The van der Waals surface area contributed by atoms with Crippen LogP contribution in [0.5, 0.6) is 5.75 Å². The zero-order chi connectivity index (χ0) is 18.8. The number of amides is 1. The summed E-state index contributed by atoms with van der Waals surface area (Å²) in [6, 6.07) is 12.8. The van der Waals surface area contributed by atoms with E-state index in [1.54, 1.807) is 24.4 Å². The minimum atomic E-state index is -0.462. The maximum absolute atomic E-state index is 12.7. The lowest BCUT2D eigenvalue weighted by molar-refractivity contribution is 0.102. The Bertz CT molecular complexity index is 1140. The molecule has 8 heteroatoms. The molecule has 0 spiro atoms. The van der Waals surface area contributed by atoms with Gasteiger partial charge < -0.3 is 15.8 Å². The Morgan fingerprint density at radius 2 is 2.04 bits per heavy atom. The highest BCUT2D eigenvalue weighted by Gasteiger charge is 2.16. The Hall–Kier alpha value is -3.94. The van der Waals surface area contributed by atoms with Gasteiger partial charge in [0, 0.05) is 10.9 Å². The summed E-state index contributed by atoms with van der Waals surface area (Å²) in [7, 11) is 1.53. The van der Waals surface area contributed by atoms with Crippen LogP contribution in [0.3, 0.4) is 0 Å². The van der Waals surface area contributed by atoms with E-state index in [1.165, 1.54) is 13.3 Å². The standard InChI is InChI=1S/C19H16N6O2/c1-27-16-5-3-2-4-14(16)24-19(26)17-18(20)21-10-15(23-17)11-6-7-13-12(8-11)9-22-25-13/h2-10H,1H3,(H2,20,21)(H,22,25)(H,24,26). The first-order valence-corrected chi connectivity index (χ1v) is 8.16. The number of nitrogens with two attached hydrogens (primary N) is 1. The molecule has 2 aromatic carbocycles. The summed E-state index contributed by atoms with van der Waals surface area (Å²) < 4.78 is 5.25. The van der Waals surface area contributed by atoms with Crippen molar-refractivity contribution in [1.29, 1.82) is 0 Å².